The number of morpholine rings is 1. The van der Waals surface area contributed by atoms with E-state index in [0.29, 0.717) is 12.3 Å². The zero-order valence-corrected chi connectivity index (χ0v) is 14.4. The van der Waals surface area contributed by atoms with E-state index < -0.39 is 0 Å². The highest BCUT2D eigenvalue weighted by Crippen LogP contribution is 2.13. The van der Waals surface area contributed by atoms with Gasteiger partial charge >= 0.3 is 6.03 Å². The summed E-state index contributed by atoms with van der Waals surface area (Å²) in [6.07, 6.45) is 3.25. The normalized spacial score (nSPS) is 19.2. The third kappa shape index (κ3) is 5.27. The molecule has 2 atom stereocenters. The lowest BCUT2D eigenvalue weighted by Gasteiger charge is -2.36. The van der Waals surface area contributed by atoms with Gasteiger partial charge in [0.15, 0.2) is 0 Å². The van der Waals surface area contributed by atoms with Gasteiger partial charge in [-0.3, -0.25) is 9.88 Å². The molecule has 1 aliphatic rings. The van der Waals surface area contributed by atoms with Gasteiger partial charge in [-0.15, -0.1) is 0 Å². The molecule has 0 saturated carbocycles. The molecule has 0 aliphatic carbocycles. The Morgan fingerprint density at radius 2 is 2.16 bits per heavy atom. The molecule has 1 aliphatic heterocycles. The molecular formula is C19H24N4O2. The molecule has 1 fully saturated rings. The number of rotatable bonds is 5. The van der Waals surface area contributed by atoms with Gasteiger partial charge in [0.1, 0.15) is 0 Å². The maximum absolute atomic E-state index is 12.1. The first-order valence-corrected chi connectivity index (χ1v) is 8.56. The largest absolute Gasteiger partial charge is 0.373 e. The summed E-state index contributed by atoms with van der Waals surface area (Å²) in [5, 5.41) is 5.73. The Hall–Kier alpha value is -2.44. The SMILES string of the molecule is C[C@H](NC(=O)Nc1cccnc1)[C@H]1CN(Cc2ccccc2)CCO1. The van der Waals surface area contributed by atoms with Crippen molar-refractivity contribution < 1.29 is 9.53 Å². The van der Waals surface area contributed by atoms with Crippen molar-refractivity contribution in [1.29, 1.82) is 0 Å². The monoisotopic (exact) mass is 340 g/mol. The van der Waals surface area contributed by atoms with Crippen LogP contribution in [0.2, 0.25) is 0 Å². The second-order valence-electron chi connectivity index (χ2n) is 6.26. The zero-order chi connectivity index (χ0) is 17.5. The van der Waals surface area contributed by atoms with Crippen molar-refractivity contribution in [3.63, 3.8) is 0 Å². The van der Waals surface area contributed by atoms with E-state index in [-0.39, 0.29) is 18.2 Å². The molecule has 0 radical (unpaired) electrons. The number of nitrogens with zero attached hydrogens (tertiary/aromatic N) is 2. The van der Waals surface area contributed by atoms with Gasteiger partial charge in [0.05, 0.1) is 30.6 Å². The topological polar surface area (TPSA) is 66.5 Å². The summed E-state index contributed by atoms with van der Waals surface area (Å²) in [6.45, 7) is 5.24. The third-order valence-corrected chi connectivity index (χ3v) is 4.26. The quantitative estimate of drug-likeness (QED) is 0.878. The van der Waals surface area contributed by atoms with Crippen LogP contribution in [0.3, 0.4) is 0 Å². The molecule has 6 nitrogen and oxygen atoms in total. The molecule has 2 amide bonds. The van der Waals surface area contributed by atoms with Gasteiger partial charge in [-0.2, -0.15) is 0 Å². The van der Waals surface area contributed by atoms with Crippen molar-refractivity contribution in [2.45, 2.75) is 25.6 Å². The zero-order valence-electron chi connectivity index (χ0n) is 14.4. The fraction of sp³-hybridized carbons (Fsp3) is 0.368. The van der Waals surface area contributed by atoms with Gasteiger partial charge in [0.2, 0.25) is 0 Å². The molecule has 132 valence electrons. The number of pyridine rings is 1. The Balaban J connectivity index is 1.49. The lowest BCUT2D eigenvalue weighted by molar-refractivity contribution is -0.0440. The highest BCUT2D eigenvalue weighted by atomic mass is 16.5. The van der Waals surface area contributed by atoms with Crippen molar-refractivity contribution >= 4 is 11.7 Å². The second-order valence-corrected chi connectivity index (χ2v) is 6.26. The summed E-state index contributed by atoms with van der Waals surface area (Å²) < 4.78 is 5.86. The molecule has 3 rings (SSSR count). The maximum Gasteiger partial charge on any atom is 0.319 e. The van der Waals surface area contributed by atoms with Crippen molar-refractivity contribution in [2.24, 2.45) is 0 Å². The Morgan fingerprint density at radius 3 is 2.92 bits per heavy atom. The van der Waals surface area contributed by atoms with Gasteiger partial charge in [-0.1, -0.05) is 30.3 Å². The van der Waals surface area contributed by atoms with E-state index in [0.717, 1.165) is 19.6 Å². The first-order valence-electron chi connectivity index (χ1n) is 8.56. The van der Waals surface area contributed by atoms with Crippen LogP contribution in [0.15, 0.2) is 54.9 Å². The number of ether oxygens (including phenoxy) is 1. The summed E-state index contributed by atoms with van der Waals surface area (Å²) >= 11 is 0. The lowest BCUT2D eigenvalue weighted by atomic mass is 10.1. The Kier molecular flexibility index (Phi) is 5.98. The first kappa shape index (κ1) is 17.4. The number of hydrogen-bond acceptors (Lipinski definition) is 4. The summed E-state index contributed by atoms with van der Waals surface area (Å²) in [7, 11) is 0. The van der Waals surface area contributed by atoms with Crippen molar-refractivity contribution in [3.05, 3.63) is 60.4 Å². The van der Waals surface area contributed by atoms with E-state index in [4.69, 9.17) is 4.74 Å². The number of anilines is 1. The number of carbonyl (C=O) groups excluding carboxylic acids is 1. The molecule has 0 unspecified atom stereocenters. The molecule has 25 heavy (non-hydrogen) atoms. The predicted octanol–water partition coefficient (Wildman–Crippen LogP) is 2.49. The minimum absolute atomic E-state index is 0.0305. The summed E-state index contributed by atoms with van der Waals surface area (Å²) in [4.78, 5) is 18.5. The molecule has 1 aromatic heterocycles. The van der Waals surface area contributed by atoms with E-state index >= 15 is 0 Å². The van der Waals surface area contributed by atoms with Crippen LogP contribution in [-0.4, -0.2) is 47.8 Å². The molecular weight excluding hydrogens is 316 g/mol. The van der Waals surface area contributed by atoms with Crippen LogP contribution in [0.5, 0.6) is 0 Å². The van der Waals surface area contributed by atoms with Gasteiger partial charge in [-0.05, 0) is 24.6 Å². The third-order valence-electron chi connectivity index (χ3n) is 4.26. The summed E-state index contributed by atoms with van der Waals surface area (Å²) in [5.74, 6) is 0. The number of aromatic nitrogens is 1. The molecule has 2 N–H and O–H groups in total. The van der Waals surface area contributed by atoms with E-state index in [1.165, 1.54) is 5.56 Å². The van der Waals surface area contributed by atoms with E-state index in [9.17, 15) is 4.79 Å². The minimum Gasteiger partial charge on any atom is -0.373 e. The first-order chi connectivity index (χ1) is 12.2. The minimum atomic E-state index is -0.246. The van der Waals surface area contributed by atoms with Crippen molar-refractivity contribution in [3.8, 4) is 0 Å². The Morgan fingerprint density at radius 1 is 1.32 bits per heavy atom. The number of amides is 2. The van der Waals surface area contributed by atoms with Gasteiger partial charge in [0, 0.05) is 25.8 Å². The van der Waals surface area contributed by atoms with Crippen molar-refractivity contribution in [1.82, 2.24) is 15.2 Å². The Labute approximate surface area is 148 Å². The number of hydrogen-bond donors (Lipinski definition) is 2. The fourth-order valence-corrected chi connectivity index (χ4v) is 2.92. The molecule has 2 heterocycles. The number of benzene rings is 1. The van der Waals surface area contributed by atoms with E-state index in [2.05, 4.69) is 44.8 Å². The van der Waals surface area contributed by atoms with Crippen LogP contribution in [0, 0.1) is 0 Å². The Bertz CT molecular complexity index is 666. The molecule has 0 bridgehead atoms. The van der Waals surface area contributed by atoms with E-state index in [1.807, 2.05) is 13.0 Å². The van der Waals surface area contributed by atoms with Crippen LogP contribution < -0.4 is 10.6 Å². The molecule has 6 heteroatoms. The van der Waals surface area contributed by atoms with Crippen LogP contribution >= 0.6 is 0 Å². The highest BCUT2D eigenvalue weighted by molar-refractivity contribution is 5.89. The highest BCUT2D eigenvalue weighted by Gasteiger charge is 2.26. The second kappa shape index (κ2) is 8.60. The average Bonchev–Trinajstić information content (AvgIpc) is 2.63. The van der Waals surface area contributed by atoms with Gasteiger partial charge in [-0.25, -0.2) is 4.79 Å². The smallest absolute Gasteiger partial charge is 0.319 e. The maximum atomic E-state index is 12.1. The van der Waals surface area contributed by atoms with Crippen LogP contribution in [0.4, 0.5) is 10.5 Å². The molecule has 1 aromatic carbocycles. The van der Waals surface area contributed by atoms with Gasteiger partial charge < -0.3 is 15.4 Å². The van der Waals surface area contributed by atoms with Crippen molar-refractivity contribution in [2.75, 3.05) is 25.0 Å². The fourth-order valence-electron chi connectivity index (χ4n) is 2.92. The van der Waals surface area contributed by atoms with E-state index in [1.54, 1.807) is 24.5 Å². The molecule has 1 saturated heterocycles. The number of carbonyl (C=O) groups is 1. The predicted molar refractivity (Wildman–Crippen MR) is 97.3 cm³/mol. The van der Waals surface area contributed by atoms with Crippen LogP contribution in [-0.2, 0) is 11.3 Å². The summed E-state index contributed by atoms with van der Waals surface area (Å²) in [6, 6.07) is 13.7. The molecule has 2 aromatic rings. The standard InChI is InChI=1S/C19H24N4O2/c1-15(21-19(24)22-17-8-5-9-20-12-17)18-14-23(10-11-25-18)13-16-6-3-2-4-7-16/h2-9,12,15,18H,10-11,13-14H2,1H3,(H2,21,22,24)/t15-,18+/m0/s1. The van der Waals surface area contributed by atoms with Crippen LogP contribution in [0.25, 0.3) is 0 Å². The number of urea groups is 1. The average molecular weight is 340 g/mol. The molecule has 0 spiro atoms. The lowest BCUT2D eigenvalue weighted by Crippen LogP contribution is -2.52. The van der Waals surface area contributed by atoms with Crippen LogP contribution in [0.1, 0.15) is 12.5 Å². The number of nitrogens with one attached hydrogen (secondary N) is 2. The van der Waals surface area contributed by atoms with Gasteiger partial charge in [0.25, 0.3) is 0 Å². The summed E-state index contributed by atoms with van der Waals surface area (Å²) in [5.41, 5.74) is 1.96.